The SMILES string of the molecule is COC(=O)C(Cc1ccc(O)cc1)NC(=O)c1cc(C(=O)O)c2cc(-c3ccc(C(F)(F)F)cc3)ccc2n1. The molecule has 1 aromatic heterocycles. The topological polar surface area (TPSA) is 126 Å². The summed E-state index contributed by atoms with van der Waals surface area (Å²) in [6, 6.07) is 14.8. The highest BCUT2D eigenvalue weighted by Crippen LogP contribution is 2.32. The first-order valence-corrected chi connectivity index (χ1v) is 11.5. The van der Waals surface area contributed by atoms with Gasteiger partial charge in [-0.1, -0.05) is 30.3 Å². The Morgan fingerprint density at radius 2 is 1.59 bits per heavy atom. The Balaban J connectivity index is 1.66. The van der Waals surface area contributed by atoms with E-state index in [0.717, 1.165) is 25.3 Å². The van der Waals surface area contributed by atoms with Crippen molar-refractivity contribution in [2.45, 2.75) is 18.6 Å². The molecule has 0 aliphatic rings. The number of hydrogen-bond acceptors (Lipinski definition) is 6. The van der Waals surface area contributed by atoms with Gasteiger partial charge in [-0.25, -0.2) is 14.6 Å². The quantitative estimate of drug-likeness (QED) is 0.288. The van der Waals surface area contributed by atoms with Crippen LogP contribution in [0.25, 0.3) is 22.0 Å². The van der Waals surface area contributed by atoms with Crippen molar-refractivity contribution in [3.63, 3.8) is 0 Å². The molecule has 1 amide bonds. The number of fused-ring (bicyclic) bond motifs is 1. The number of aromatic carboxylic acids is 1. The lowest BCUT2D eigenvalue weighted by Crippen LogP contribution is -2.43. The van der Waals surface area contributed by atoms with Crippen molar-refractivity contribution >= 4 is 28.7 Å². The molecule has 4 aromatic rings. The van der Waals surface area contributed by atoms with Gasteiger partial charge in [-0.15, -0.1) is 0 Å². The number of carbonyl (C=O) groups is 3. The second kappa shape index (κ2) is 10.8. The van der Waals surface area contributed by atoms with E-state index in [1.165, 1.54) is 36.4 Å². The van der Waals surface area contributed by atoms with Crippen molar-refractivity contribution in [1.29, 1.82) is 0 Å². The maximum Gasteiger partial charge on any atom is 0.416 e. The molecule has 1 atom stereocenters. The molecule has 3 aromatic carbocycles. The predicted octanol–water partition coefficient (Wildman–Crippen LogP) is 4.84. The molecule has 0 aliphatic heterocycles. The second-order valence-corrected chi connectivity index (χ2v) is 8.59. The van der Waals surface area contributed by atoms with Crippen LogP contribution in [0.3, 0.4) is 0 Å². The Labute approximate surface area is 219 Å². The van der Waals surface area contributed by atoms with Gasteiger partial charge in [0.1, 0.15) is 17.5 Å². The van der Waals surface area contributed by atoms with Crippen LogP contribution in [0.4, 0.5) is 13.2 Å². The first-order chi connectivity index (χ1) is 18.5. The first-order valence-electron chi connectivity index (χ1n) is 11.5. The molecular weight excluding hydrogens is 517 g/mol. The fourth-order valence-electron chi connectivity index (χ4n) is 3.99. The van der Waals surface area contributed by atoms with Gasteiger partial charge in [-0.05, 0) is 59.2 Å². The molecule has 0 aliphatic carbocycles. The molecule has 1 unspecified atom stereocenters. The van der Waals surface area contributed by atoms with Crippen molar-refractivity contribution in [3.8, 4) is 16.9 Å². The summed E-state index contributed by atoms with van der Waals surface area (Å²) >= 11 is 0. The van der Waals surface area contributed by atoms with E-state index < -0.39 is 35.6 Å². The zero-order valence-electron chi connectivity index (χ0n) is 20.3. The number of esters is 1. The monoisotopic (exact) mass is 538 g/mol. The molecule has 8 nitrogen and oxygen atoms in total. The van der Waals surface area contributed by atoms with Gasteiger partial charge in [0.25, 0.3) is 5.91 Å². The van der Waals surface area contributed by atoms with Crippen molar-refractivity contribution in [2.24, 2.45) is 0 Å². The van der Waals surface area contributed by atoms with E-state index in [4.69, 9.17) is 4.74 Å². The summed E-state index contributed by atoms with van der Waals surface area (Å²) in [6.07, 6.45) is -4.45. The predicted molar refractivity (Wildman–Crippen MR) is 134 cm³/mol. The molecule has 0 radical (unpaired) electrons. The summed E-state index contributed by atoms with van der Waals surface area (Å²) < 4.78 is 43.5. The van der Waals surface area contributed by atoms with Crippen molar-refractivity contribution in [1.82, 2.24) is 10.3 Å². The zero-order valence-corrected chi connectivity index (χ0v) is 20.3. The average Bonchev–Trinajstić information content (AvgIpc) is 2.91. The molecule has 0 saturated carbocycles. The lowest BCUT2D eigenvalue weighted by atomic mass is 9.99. The van der Waals surface area contributed by atoms with Gasteiger partial charge in [-0.2, -0.15) is 13.2 Å². The van der Waals surface area contributed by atoms with Crippen molar-refractivity contribution < 1.29 is 42.5 Å². The smallest absolute Gasteiger partial charge is 0.416 e. The number of methoxy groups -OCH3 is 1. The zero-order chi connectivity index (χ0) is 28.3. The highest BCUT2D eigenvalue weighted by molar-refractivity contribution is 6.07. The number of halogens is 3. The Kier molecular flexibility index (Phi) is 7.52. The van der Waals surface area contributed by atoms with Crippen molar-refractivity contribution in [3.05, 3.63) is 95.2 Å². The van der Waals surface area contributed by atoms with Gasteiger partial charge >= 0.3 is 18.1 Å². The lowest BCUT2D eigenvalue weighted by molar-refractivity contribution is -0.143. The number of rotatable bonds is 7. The van der Waals surface area contributed by atoms with E-state index in [1.54, 1.807) is 18.2 Å². The Morgan fingerprint density at radius 3 is 2.18 bits per heavy atom. The number of nitrogens with one attached hydrogen (secondary N) is 1. The number of carboxylic acid groups (broad SMARTS) is 1. The number of nitrogens with zero attached hydrogens (tertiary/aromatic N) is 1. The number of carboxylic acids is 1. The van der Waals surface area contributed by atoms with E-state index in [9.17, 15) is 37.8 Å². The number of benzene rings is 3. The largest absolute Gasteiger partial charge is 0.508 e. The van der Waals surface area contributed by atoms with Crippen LogP contribution in [-0.4, -0.2) is 46.2 Å². The number of amides is 1. The minimum absolute atomic E-state index is 0.0282. The Hall–Kier alpha value is -4.93. The van der Waals surface area contributed by atoms with E-state index >= 15 is 0 Å². The Bertz CT molecular complexity index is 1550. The van der Waals surface area contributed by atoms with E-state index in [-0.39, 0.29) is 34.3 Å². The van der Waals surface area contributed by atoms with E-state index in [0.29, 0.717) is 16.7 Å². The summed E-state index contributed by atoms with van der Waals surface area (Å²) in [5.41, 5.74) is 0.330. The summed E-state index contributed by atoms with van der Waals surface area (Å²) in [6.45, 7) is 0. The molecule has 1 heterocycles. The van der Waals surface area contributed by atoms with Crippen LogP contribution in [0.15, 0.2) is 72.8 Å². The minimum Gasteiger partial charge on any atom is -0.508 e. The number of phenolic OH excluding ortho intramolecular Hbond substituents is 1. The van der Waals surface area contributed by atoms with Crippen LogP contribution in [0.5, 0.6) is 5.75 Å². The number of phenols is 1. The van der Waals surface area contributed by atoms with Gasteiger partial charge < -0.3 is 20.3 Å². The van der Waals surface area contributed by atoms with Crippen LogP contribution in [-0.2, 0) is 22.1 Å². The van der Waals surface area contributed by atoms with Gasteiger partial charge in [0.05, 0.1) is 23.8 Å². The number of hydrogen-bond donors (Lipinski definition) is 3. The molecule has 200 valence electrons. The van der Waals surface area contributed by atoms with Crippen molar-refractivity contribution in [2.75, 3.05) is 7.11 Å². The third-order valence-electron chi connectivity index (χ3n) is 5.98. The normalized spacial score (nSPS) is 12.1. The summed E-state index contributed by atoms with van der Waals surface area (Å²) in [7, 11) is 1.16. The Morgan fingerprint density at radius 1 is 0.949 bits per heavy atom. The third kappa shape index (κ3) is 6.15. The van der Waals surface area contributed by atoms with Crippen LogP contribution < -0.4 is 5.32 Å². The molecule has 11 heteroatoms. The van der Waals surface area contributed by atoms with Crippen LogP contribution in [0, 0.1) is 0 Å². The highest BCUT2D eigenvalue weighted by Gasteiger charge is 2.30. The molecule has 0 spiro atoms. The third-order valence-corrected chi connectivity index (χ3v) is 5.98. The van der Waals surface area contributed by atoms with Gasteiger partial charge in [0.2, 0.25) is 0 Å². The molecule has 0 saturated heterocycles. The second-order valence-electron chi connectivity index (χ2n) is 8.59. The number of aromatic hydroxyl groups is 1. The summed E-state index contributed by atoms with van der Waals surface area (Å²) in [5.74, 6) is -2.88. The molecular formula is C28H21F3N2O6. The standard InChI is InChI=1S/C28H21F3N2O6/c1-39-27(38)24(12-15-2-9-19(34)10-3-15)33-25(35)23-14-21(26(36)37)20-13-17(6-11-22(20)32-23)16-4-7-18(8-5-16)28(29,30)31/h2-11,13-14,24,34H,12H2,1H3,(H,33,35)(H,36,37). The maximum atomic E-state index is 13.0. The summed E-state index contributed by atoms with van der Waals surface area (Å²) in [4.78, 5) is 41.7. The number of carbonyl (C=O) groups excluding carboxylic acids is 2. The van der Waals surface area contributed by atoms with Gasteiger partial charge in [-0.3, -0.25) is 4.79 Å². The van der Waals surface area contributed by atoms with Crippen LogP contribution >= 0.6 is 0 Å². The van der Waals surface area contributed by atoms with Crippen LogP contribution in [0.1, 0.15) is 32.0 Å². The molecule has 0 bridgehead atoms. The fourth-order valence-corrected chi connectivity index (χ4v) is 3.99. The highest BCUT2D eigenvalue weighted by atomic mass is 19.4. The molecule has 4 rings (SSSR count). The van der Waals surface area contributed by atoms with E-state index in [2.05, 4.69) is 10.3 Å². The van der Waals surface area contributed by atoms with Gasteiger partial charge in [0.15, 0.2) is 0 Å². The first kappa shape index (κ1) is 27.1. The van der Waals surface area contributed by atoms with Crippen LogP contribution in [0.2, 0.25) is 0 Å². The number of pyridine rings is 1. The maximum absolute atomic E-state index is 13.0. The minimum atomic E-state index is -4.49. The van der Waals surface area contributed by atoms with E-state index in [1.807, 2.05) is 0 Å². The van der Waals surface area contributed by atoms with Gasteiger partial charge in [0, 0.05) is 11.8 Å². The molecule has 0 fully saturated rings. The molecule has 3 N–H and O–H groups in total. The molecule has 39 heavy (non-hydrogen) atoms. The number of alkyl halides is 3. The average molecular weight is 538 g/mol. The fraction of sp³-hybridized carbons (Fsp3) is 0.143. The summed E-state index contributed by atoms with van der Waals surface area (Å²) in [5, 5.41) is 22.0. The lowest BCUT2D eigenvalue weighted by Gasteiger charge is -2.17. The number of aromatic nitrogens is 1. The number of ether oxygens (including phenoxy) is 1.